The van der Waals surface area contributed by atoms with Crippen molar-refractivity contribution in [1.29, 1.82) is 0 Å². The van der Waals surface area contributed by atoms with Crippen LogP contribution in [0.15, 0.2) is 45.6 Å². The van der Waals surface area contributed by atoms with Gasteiger partial charge in [-0.2, -0.15) is 0 Å². The highest BCUT2D eigenvalue weighted by molar-refractivity contribution is 6.32. The smallest absolute Gasteiger partial charge is 0.290 e. The van der Waals surface area contributed by atoms with Gasteiger partial charge in [0.2, 0.25) is 5.76 Å². The average molecular weight is 456 g/mol. The summed E-state index contributed by atoms with van der Waals surface area (Å²) >= 11 is 6.24. The molecule has 6 nitrogen and oxygen atoms in total. The zero-order valence-electron chi connectivity index (χ0n) is 18.2. The third-order valence-electron chi connectivity index (χ3n) is 5.80. The fraction of sp³-hybridized carbons (Fsp3) is 0.360. The molecule has 2 aromatic carbocycles. The van der Waals surface area contributed by atoms with Gasteiger partial charge in [0.15, 0.2) is 5.43 Å². The summed E-state index contributed by atoms with van der Waals surface area (Å²) in [5, 5.41) is 10.4. The molecule has 1 N–H and O–H groups in total. The quantitative estimate of drug-likeness (QED) is 0.490. The van der Waals surface area contributed by atoms with E-state index < -0.39 is 11.9 Å². The lowest BCUT2D eigenvalue weighted by Gasteiger charge is -2.24. The third kappa shape index (κ3) is 4.00. The fourth-order valence-corrected chi connectivity index (χ4v) is 4.28. The highest BCUT2D eigenvalue weighted by Gasteiger charge is 2.42. The van der Waals surface area contributed by atoms with Crippen molar-refractivity contribution in [3.05, 3.63) is 74.1 Å². The number of halogens is 1. The molecule has 0 aliphatic carbocycles. The minimum atomic E-state index is -0.653. The van der Waals surface area contributed by atoms with Gasteiger partial charge in [-0.3, -0.25) is 9.59 Å². The summed E-state index contributed by atoms with van der Waals surface area (Å²) < 4.78 is 11.7. The Hall–Kier alpha value is -2.83. The van der Waals surface area contributed by atoms with Crippen LogP contribution in [-0.2, 0) is 0 Å². The van der Waals surface area contributed by atoms with Gasteiger partial charge in [0.25, 0.3) is 5.91 Å². The van der Waals surface area contributed by atoms with Crippen molar-refractivity contribution < 1.29 is 19.1 Å². The first-order chi connectivity index (χ1) is 15.5. The van der Waals surface area contributed by atoms with Gasteiger partial charge < -0.3 is 19.2 Å². The van der Waals surface area contributed by atoms with Crippen molar-refractivity contribution in [3.63, 3.8) is 0 Å². The molecule has 4 rings (SSSR count). The zero-order valence-corrected chi connectivity index (χ0v) is 18.9. The molecule has 32 heavy (non-hydrogen) atoms. The van der Waals surface area contributed by atoms with Crippen LogP contribution >= 0.6 is 11.6 Å². The molecule has 0 bridgehead atoms. The molecule has 0 fully saturated rings. The first kappa shape index (κ1) is 22.4. The second-order valence-electron chi connectivity index (χ2n) is 8.02. The number of aliphatic hydroxyl groups is 1. The predicted molar refractivity (Wildman–Crippen MR) is 124 cm³/mol. The Morgan fingerprint density at radius 3 is 2.59 bits per heavy atom. The van der Waals surface area contributed by atoms with Crippen LogP contribution in [0.3, 0.4) is 0 Å². The zero-order chi connectivity index (χ0) is 22.8. The van der Waals surface area contributed by atoms with E-state index in [-0.39, 0.29) is 29.9 Å². The minimum Gasteiger partial charge on any atom is -0.494 e. The lowest BCUT2D eigenvalue weighted by Crippen LogP contribution is -2.32. The number of carbonyl (C=O) groups is 1. The maximum atomic E-state index is 13.4. The number of carbonyl (C=O) groups excluding carboxylic acids is 1. The van der Waals surface area contributed by atoms with Gasteiger partial charge in [-0.25, -0.2) is 0 Å². The number of amides is 1. The van der Waals surface area contributed by atoms with Gasteiger partial charge in [0.05, 0.1) is 30.2 Å². The van der Waals surface area contributed by atoms with Gasteiger partial charge in [-0.05, 0) is 48.7 Å². The van der Waals surface area contributed by atoms with Crippen molar-refractivity contribution in [2.45, 2.75) is 39.2 Å². The Morgan fingerprint density at radius 1 is 1.16 bits per heavy atom. The molecular formula is C25H26ClNO5. The number of ether oxygens (including phenoxy) is 1. The number of fused-ring (bicyclic) bond motifs is 2. The second-order valence-corrected chi connectivity index (χ2v) is 8.43. The molecule has 1 unspecified atom stereocenters. The van der Waals surface area contributed by atoms with Crippen LogP contribution < -0.4 is 10.2 Å². The number of aryl methyl sites for hydroxylation is 1. The normalized spacial score (nSPS) is 15.4. The average Bonchev–Trinajstić information content (AvgIpc) is 3.06. The fourth-order valence-electron chi connectivity index (χ4n) is 4.11. The van der Waals surface area contributed by atoms with Gasteiger partial charge >= 0.3 is 0 Å². The molecule has 1 atom stereocenters. The van der Waals surface area contributed by atoms with E-state index in [0.29, 0.717) is 22.6 Å². The predicted octanol–water partition coefficient (Wildman–Crippen LogP) is 4.86. The molecule has 1 aromatic heterocycles. The second kappa shape index (κ2) is 9.35. The summed E-state index contributed by atoms with van der Waals surface area (Å²) in [6.45, 7) is 4.45. The number of aliphatic hydroxyl groups excluding tert-OH is 1. The first-order valence-corrected chi connectivity index (χ1v) is 11.3. The third-order valence-corrected chi connectivity index (χ3v) is 6.21. The Morgan fingerprint density at radius 2 is 1.91 bits per heavy atom. The van der Waals surface area contributed by atoms with E-state index in [4.69, 9.17) is 20.8 Å². The Labute approximate surface area is 191 Å². The van der Waals surface area contributed by atoms with E-state index in [2.05, 4.69) is 6.92 Å². The molecule has 1 amide bonds. The number of rotatable bonds is 8. The van der Waals surface area contributed by atoms with Crippen LogP contribution in [0.1, 0.15) is 59.5 Å². The molecule has 168 valence electrons. The molecule has 0 saturated carbocycles. The molecule has 1 aliphatic heterocycles. The maximum absolute atomic E-state index is 13.4. The molecule has 2 heterocycles. The SMILES string of the molecule is CCCCCOc1ccc(C2c3c(oc4cc(C)c(Cl)cc4c3=O)C(=O)N2CCO)cc1. The van der Waals surface area contributed by atoms with Crippen LogP contribution in [0.25, 0.3) is 11.0 Å². The Kier molecular flexibility index (Phi) is 6.53. The molecule has 1 aliphatic rings. The largest absolute Gasteiger partial charge is 0.494 e. The summed E-state index contributed by atoms with van der Waals surface area (Å²) in [6, 6.07) is 9.96. The number of benzene rings is 2. The van der Waals surface area contributed by atoms with Gasteiger partial charge in [0.1, 0.15) is 11.3 Å². The Balaban J connectivity index is 1.77. The standard InChI is InChI=1S/C25H26ClNO5/c1-3-4-5-12-31-17-8-6-16(7-9-17)22-21-23(29)18-14-19(26)15(2)13-20(18)32-24(21)25(30)27(22)10-11-28/h6-9,13-14,22,28H,3-5,10-12H2,1-2H3. The van der Waals surface area contributed by atoms with E-state index in [1.807, 2.05) is 31.2 Å². The van der Waals surface area contributed by atoms with Crippen LogP contribution in [0, 0.1) is 6.92 Å². The van der Waals surface area contributed by atoms with Crippen LogP contribution in [0.5, 0.6) is 5.75 Å². The minimum absolute atomic E-state index is 0.0163. The van der Waals surface area contributed by atoms with E-state index in [1.54, 1.807) is 12.1 Å². The lowest BCUT2D eigenvalue weighted by atomic mass is 9.98. The Bertz CT molecular complexity index is 1200. The molecule has 3 aromatic rings. The monoisotopic (exact) mass is 455 g/mol. The molecule has 0 radical (unpaired) electrons. The van der Waals surface area contributed by atoms with E-state index in [0.717, 1.165) is 36.1 Å². The van der Waals surface area contributed by atoms with Gasteiger partial charge in [0, 0.05) is 11.6 Å². The van der Waals surface area contributed by atoms with Crippen molar-refractivity contribution in [2.75, 3.05) is 19.8 Å². The summed E-state index contributed by atoms with van der Waals surface area (Å²) in [6.07, 6.45) is 3.23. The maximum Gasteiger partial charge on any atom is 0.290 e. The van der Waals surface area contributed by atoms with Crippen LogP contribution in [0.4, 0.5) is 0 Å². The summed E-state index contributed by atoms with van der Waals surface area (Å²) in [5.41, 5.74) is 1.81. The first-order valence-electron chi connectivity index (χ1n) is 10.9. The van der Waals surface area contributed by atoms with E-state index in [1.165, 1.54) is 4.90 Å². The van der Waals surface area contributed by atoms with Crippen molar-refractivity contribution >= 4 is 28.5 Å². The topological polar surface area (TPSA) is 80.0 Å². The summed E-state index contributed by atoms with van der Waals surface area (Å²) in [7, 11) is 0. The van der Waals surface area contributed by atoms with E-state index in [9.17, 15) is 14.7 Å². The molecular weight excluding hydrogens is 430 g/mol. The molecule has 0 saturated heterocycles. The lowest BCUT2D eigenvalue weighted by molar-refractivity contribution is 0.0691. The van der Waals surface area contributed by atoms with E-state index >= 15 is 0 Å². The highest BCUT2D eigenvalue weighted by Crippen LogP contribution is 2.38. The van der Waals surface area contributed by atoms with Gasteiger partial charge in [-0.15, -0.1) is 0 Å². The number of hydrogen-bond acceptors (Lipinski definition) is 5. The van der Waals surface area contributed by atoms with Crippen LogP contribution in [0.2, 0.25) is 5.02 Å². The van der Waals surface area contributed by atoms with Crippen molar-refractivity contribution in [1.82, 2.24) is 4.90 Å². The molecule has 0 spiro atoms. The molecule has 7 heteroatoms. The van der Waals surface area contributed by atoms with Crippen molar-refractivity contribution in [3.8, 4) is 5.75 Å². The summed E-state index contributed by atoms with van der Waals surface area (Å²) in [4.78, 5) is 28.0. The van der Waals surface area contributed by atoms with Crippen LogP contribution in [-0.4, -0.2) is 35.7 Å². The number of β-amino-alcohol motifs (C(OH)–C–C–N with tert-alkyl or cyclic N) is 1. The summed E-state index contributed by atoms with van der Waals surface area (Å²) in [5.74, 6) is 0.337. The number of nitrogens with zero attached hydrogens (tertiary/aromatic N) is 1. The van der Waals surface area contributed by atoms with Crippen molar-refractivity contribution in [2.24, 2.45) is 0 Å². The number of hydrogen-bond donors (Lipinski definition) is 1. The van der Waals surface area contributed by atoms with Gasteiger partial charge in [-0.1, -0.05) is 43.5 Å². The number of unbranched alkanes of at least 4 members (excludes halogenated alkanes) is 2. The highest BCUT2D eigenvalue weighted by atomic mass is 35.5.